The van der Waals surface area contributed by atoms with E-state index in [2.05, 4.69) is 5.32 Å². The first-order chi connectivity index (χ1) is 15.7. The smallest absolute Gasteiger partial charge is 0.273 e. The fraction of sp³-hybridized carbons (Fsp3) is 0.640. The molecule has 2 aliphatic heterocycles. The van der Waals surface area contributed by atoms with Crippen molar-refractivity contribution in [3.8, 4) is 0 Å². The van der Waals surface area contributed by atoms with Crippen molar-refractivity contribution in [1.29, 1.82) is 0 Å². The average Bonchev–Trinajstić information content (AvgIpc) is 3.16. The number of benzene rings is 1. The number of para-hydroxylation sites is 1. The zero-order valence-electron chi connectivity index (χ0n) is 19.9. The van der Waals surface area contributed by atoms with Crippen LogP contribution in [0.3, 0.4) is 0 Å². The molecule has 3 heterocycles. The largest absolute Gasteiger partial charge is 0.393 e. The highest BCUT2D eigenvalue weighted by Gasteiger charge is 2.37. The Morgan fingerprint density at radius 2 is 1.82 bits per heavy atom. The highest BCUT2D eigenvalue weighted by atomic mass is 16.5. The molecule has 2 fully saturated rings. The number of ether oxygens (including phenoxy) is 1. The molecule has 0 unspecified atom stereocenters. The van der Waals surface area contributed by atoms with Gasteiger partial charge in [0, 0.05) is 38.2 Å². The molecule has 2 aromatic rings. The van der Waals surface area contributed by atoms with Gasteiger partial charge in [0.15, 0.2) is 5.69 Å². The maximum Gasteiger partial charge on any atom is 0.273 e. The Morgan fingerprint density at radius 1 is 1.15 bits per heavy atom. The van der Waals surface area contributed by atoms with E-state index in [-0.39, 0.29) is 17.9 Å². The standard InChI is InChI=1S/C25H36N4O4/c1-25(2,3)22(24(32)28-12-8-18(30)9-13-28)26-23(31)21-19-6-4-5-7-20(19)29(27-21)16-17-10-14-33-15-11-17/h4-7,17-18,22,30H,8-16H2,1-3H3,(H,26,31)/t22-/m1/s1. The molecule has 1 aromatic carbocycles. The molecule has 0 radical (unpaired) electrons. The molecule has 0 aliphatic carbocycles. The molecule has 1 aromatic heterocycles. The van der Waals surface area contributed by atoms with Crippen molar-refractivity contribution in [1.82, 2.24) is 20.0 Å². The van der Waals surface area contributed by atoms with Gasteiger partial charge in [0.05, 0.1) is 11.6 Å². The molecule has 180 valence electrons. The zero-order chi connectivity index (χ0) is 23.6. The third-order valence-electron chi connectivity index (χ3n) is 6.81. The molecular weight excluding hydrogens is 420 g/mol. The number of carbonyl (C=O) groups is 2. The fourth-order valence-electron chi connectivity index (χ4n) is 4.72. The summed E-state index contributed by atoms with van der Waals surface area (Å²) >= 11 is 0. The second kappa shape index (κ2) is 9.81. The number of amides is 2. The Morgan fingerprint density at radius 3 is 2.48 bits per heavy atom. The van der Waals surface area contributed by atoms with E-state index in [4.69, 9.17) is 9.84 Å². The van der Waals surface area contributed by atoms with Gasteiger partial charge in [-0.25, -0.2) is 0 Å². The van der Waals surface area contributed by atoms with Gasteiger partial charge in [0.1, 0.15) is 6.04 Å². The predicted molar refractivity (Wildman–Crippen MR) is 126 cm³/mol. The summed E-state index contributed by atoms with van der Waals surface area (Å²) < 4.78 is 7.41. The van der Waals surface area contributed by atoms with Crippen LogP contribution in [0.15, 0.2) is 24.3 Å². The van der Waals surface area contributed by atoms with Gasteiger partial charge in [-0.15, -0.1) is 0 Å². The summed E-state index contributed by atoms with van der Waals surface area (Å²) in [6, 6.07) is 7.09. The Labute approximate surface area is 195 Å². The summed E-state index contributed by atoms with van der Waals surface area (Å²) in [5.41, 5.74) is 0.815. The number of aliphatic hydroxyl groups is 1. The summed E-state index contributed by atoms with van der Waals surface area (Å²) in [4.78, 5) is 28.5. The number of piperidine rings is 1. The van der Waals surface area contributed by atoms with Crippen LogP contribution in [-0.4, -0.2) is 70.1 Å². The van der Waals surface area contributed by atoms with Gasteiger partial charge in [0.25, 0.3) is 5.91 Å². The molecular formula is C25H36N4O4. The van der Waals surface area contributed by atoms with Gasteiger partial charge < -0.3 is 20.1 Å². The lowest BCUT2D eigenvalue weighted by Gasteiger charge is -2.37. The van der Waals surface area contributed by atoms with Crippen LogP contribution in [0.4, 0.5) is 0 Å². The lowest BCUT2D eigenvalue weighted by molar-refractivity contribution is -0.137. The number of rotatable bonds is 5. The normalized spacial score (nSPS) is 19.6. The fourth-order valence-corrected chi connectivity index (χ4v) is 4.72. The van der Waals surface area contributed by atoms with E-state index in [9.17, 15) is 14.7 Å². The number of hydrogen-bond acceptors (Lipinski definition) is 5. The average molecular weight is 457 g/mol. The molecule has 0 bridgehead atoms. The number of aliphatic hydroxyl groups excluding tert-OH is 1. The van der Waals surface area contributed by atoms with Crippen LogP contribution in [0.25, 0.3) is 10.9 Å². The van der Waals surface area contributed by atoms with E-state index in [0.29, 0.717) is 37.5 Å². The highest BCUT2D eigenvalue weighted by molar-refractivity contribution is 6.06. The minimum absolute atomic E-state index is 0.103. The summed E-state index contributed by atoms with van der Waals surface area (Å²) in [5.74, 6) is 0.0345. The Bertz CT molecular complexity index is 982. The third-order valence-corrected chi connectivity index (χ3v) is 6.81. The molecule has 2 amide bonds. The van der Waals surface area contributed by atoms with E-state index in [0.717, 1.165) is 43.5 Å². The van der Waals surface area contributed by atoms with E-state index >= 15 is 0 Å². The lowest BCUT2D eigenvalue weighted by atomic mass is 9.85. The maximum atomic E-state index is 13.4. The number of fused-ring (bicyclic) bond motifs is 1. The summed E-state index contributed by atoms with van der Waals surface area (Å²) in [7, 11) is 0. The number of carbonyl (C=O) groups excluding carboxylic acids is 2. The van der Waals surface area contributed by atoms with Crippen LogP contribution in [0.1, 0.15) is 56.9 Å². The van der Waals surface area contributed by atoms with E-state index in [1.54, 1.807) is 4.90 Å². The molecule has 2 N–H and O–H groups in total. The Hall–Kier alpha value is -2.45. The van der Waals surface area contributed by atoms with Crippen molar-refractivity contribution in [3.63, 3.8) is 0 Å². The van der Waals surface area contributed by atoms with E-state index in [1.165, 1.54) is 0 Å². The first-order valence-corrected chi connectivity index (χ1v) is 12.0. The van der Waals surface area contributed by atoms with Crippen molar-refractivity contribution in [2.24, 2.45) is 11.3 Å². The minimum atomic E-state index is -0.681. The van der Waals surface area contributed by atoms with Crippen LogP contribution in [0, 0.1) is 11.3 Å². The molecule has 8 heteroatoms. The van der Waals surface area contributed by atoms with Gasteiger partial charge >= 0.3 is 0 Å². The van der Waals surface area contributed by atoms with E-state index < -0.39 is 11.5 Å². The third kappa shape index (κ3) is 5.38. The van der Waals surface area contributed by atoms with Gasteiger partial charge in [-0.05, 0) is 43.1 Å². The molecule has 2 saturated heterocycles. The van der Waals surface area contributed by atoms with Crippen molar-refractivity contribution >= 4 is 22.7 Å². The molecule has 0 spiro atoms. The van der Waals surface area contributed by atoms with Crippen molar-refractivity contribution < 1.29 is 19.4 Å². The van der Waals surface area contributed by atoms with Crippen LogP contribution < -0.4 is 5.32 Å². The number of likely N-dealkylation sites (tertiary alicyclic amines) is 1. The number of nitrogens with one attached hydrogen (secondary N) is 1. The first-order valence-electron chi connectivity index (χ1n) is 12.0. The SMILES string of the molecule is CC(C)(C)[C@H](NC(=O)c1nn(CC2CCOCC2)c2ccccc12)C(=O)N1CCC(O)CC1. The maximum absolute atomic E-state index is 13.4. The number of hydrogen-bond donors (Lipinski definition) is 2. The summed E-state index contributed by atoms with van der Waals surface area (Å²) in [6.07, 6.45) is 2.75. The minimum Gasteiger partial charge on any atom is -0.393 e. The summed E-state index contributed by atoms with van der Waals surface area (Å²) in [5, 5.41) is 18.3. The highest BCUT2D eigenvalue weighted by Crippen LogP contribution is 2.26. The van der Waals surface area contributed by atoms with E-state index in [1.807, 2.05) is 49.7 Å². The molecule has 4 rings (SSSR count). The molecule has 1 atom stereocenters. The Kier molecular flexibility index (Phi) is 7.05. The lowest BCUT2D eigenvalue weighted by Crippen LogP contribution is -2.56. The van der Waals surface area contributed by atoms with Gasteiger partial charge in [-0.1, -0.05) is 39.0 Å². The number of aromatic nitrogens is 2. The molecule has 2 aliphatic rings. The number of nitrogens with zero attached hydrogens (tertiary/aromatic N) is 3. The van der Waals surface area contributed by atoms with Gasteiger partial charge in [0.2, 0.25) is 5.91 Å². The molecule has 8 nitrogen and oxygen atoms in total. The predicted octanol–water partition coefficient (Wildman–Crippen LogP) is 2.59. The quantitative estimate of drug-likeness (QED) is 0.721. The van der Waals surface area contributed by atoms with Crippen LogP contribution in [-0.2, 0) is 16.1 Å². The first kappa shape index (κ1) is 23.7. The van der Waals surface area contributed by atoms with Crippen molar-refractivity contribution in [3.05, 3.63) is 30.0 Å². The second-order valence-corrected chi connectivity index (χ2v) is 10.4. The molecule has 33 heavy (non-hydrogen) atoms. The monoisotopic (exact) mass is 456 g/mol. The topological polar surface area (TPSA) is 96.7 Å². The van der Waals surface area contributed by atoms with Crippen LogP contribution in [0.5, 0.6) is 0 Å². The van der Waals surface area contributed by atoms with Crippen molar-refractivity contribution in [2.75, 3.05) is 26.3 Å². The summed E-state index contributed by atoms with van der Waals surface area (Å²) in [6.45, 7) is 9.15. The molecule has 0 saturated carbocycles. The second-order valence-electron chi connectivity index (χ2n) is 10.4. The van der Waals surface area contributed by atoms with Gasteiger partial charge in [-0.3, -0.25) is 14.3 Å². The van der Waals surface area contributed by atoms with Gasteiger partial charge in [-0.2, -0.15) is 5.10 Å². The van der Waals surface area contributed by atoms with Crippen molar-refractivity contribution in [2.45, 2.75) is 65.1 Å². The zero-order valence-corrected chi connectivity index (χ0v) is 19.9. The van der Waals surface area contributed by atoms with Crippen LogP contribution in [0.2, 0.25) is 0 Å². The van der Waals surface area contributed by atoms with Crippen LogP contribution >= 0.6 is 0 Å². The Balaban J connectivity index is 1.56.